The molecule has 0 radical (unpaired) electrons. The van der Waals surface area contributed by atoms with Gasteiger partial charge in [-0.1, -0.05) is 17.7 Å². The maximum Gasteiger partial charge on any atom is 0.573 e. The first-order valence-electron chi connectivity index (χ1n) is 4.27. The number of hydrogen-bond acceptors (Lipinski definition) is 3. The minimum atomic E-state index is -4.79. The molecule has 0 spiro atoms. The summed E-state index contributed by atoms with van der Waals surface area (Å²) in [4.78, 5) is 0. The van der Waals surface area contributed by atoms with E-state index in [9.17, 15) is 18.3 Å². The molecule has 0 saturated carbocycles. The fourth-order valence-corrected chi connectivity index (χ4v) is 1.30. The number of ether oxygens (including phenoxy) is 1. The van der Waals surface area contributed by atoms with Crippen molar-refractivity contribution >= 4 is 11.6 Å². The lowest BCUT2D eigenvalue weighted by Crippen LogP contribution is -2.17. The van der Waals surface area contributed by atoms with Crippen LogP contribution in [0.2, 0.25) is 5.02 Å². The number of benzene rings is 1. The third-order valence-electron chi connectivity index (χ3n) is 1.79. The minimum absolute atomic E-state index is 0.0458. The van der Waals surface area contributed by atoms with Gasteiger partial charge in [0.1, 0.15) is 5.75 Å². The van der Waals surface area contributed by atoms with Crippen LogP contribution in [0.15, 0.2) is 18.2 Å². The van der Waals surface area contributed by atoms with Crippen molar-refractivity contribution in [1.82, 2.24) is 0 Å². The minimum Gasteiger partial charge on any atom is -0.404 e. The van der Waals surface area contributed by atoms with Crippen LogP contribution in [0.25, 0.3) is 0 Å². The summed E-state index contributed by atoms with van der Waals surface area (Å²) in [5.41, 5.74) is 5.52. The molecule has 1 aromatic carbocycles. The van der Waals surface area contributed by atoms with Crippen molar-refractivity contribution < 1.29 is 23.0 Å². The highest BCUT2D eigenvalue weighted by molar-refractivity contribution is 6.32. The van der Waals surface area contributed by atoms with Crippen molar-refractivity contribution in [3.63, 3.8) is 0 Å². The van der Waals surface area contributed by atoms with Crippen LogP contribution in [0.1, 0.15) is 11.7 Å². The van der Waals surface area contributed by atoms with E-state index >= 15 is 0 Å². The van der Waals surface area contributed by atoms with Crippen LogP contribution in [-0.2, 0) is 0 Å². The molecule has 7 heteroatoms. The summed E-state index contributed by atoms with van der Waals surface area (Å²) in [5.74, 6) is -0.512. The molecule has 0 aliphatic heterocycles. The fourth-order valence-electron chi connectivity index (χ4n) is 1.07. The van der Waals surface area contributed by atoms with Gasteiger partial charge >= 0.3 is 6.36 Å². The normalized spacial score (nSPS) is 13.6. The quantitative estimate of drug-likeness (QED) is 0.871. The first kappa shape index (κ1) is 13.1. The molecule has 1 atom stereocenters. The first-order chi connectivity index (χ1) is 7.33. The largest absolute Gasteiger partial charge is 0.573 e. The predicted octanol–water partition coefficient (Wildman–Crippen LogP) is 2.23. The van der Waals surface area contributed by atoms with Crippen molar-refractivity contribution in [1.29, 1.82) is 0 Å². The van der Waals surface area contributed by atoms with Gasteiger partial charge < -0.3 is 15.6 Å². The van der Waals surface area contributed by atoms with Crippen molar-refractivity contribution in [2.45, 2.75) is 12.5 Å². The summed E-state index contributed by atoms with van der Waals surface area (Å²) < 4.78 is 39.3. The Morgan fingerprint density at radius 1 is 1.44 bits per heavy atom. The van der Waals surface area contributed by atoms with Gasteiger partial charge in [-0.2, -0.15) is 0 Å². The Hall–Kier alpha value is -0.980. The van der Waals surface area contributed by atoms with Crippen LogP contribution in [0, 0.1) is 0 Å². The standard InChI is InChI=1S/C9H9ClF3NO2/c10-6-3-5(7(15)4-14)1-2-8(6)16-9(11,12)13/h1-3,7,15H,4,14H2/t7-/m0/s1. The third kappa shape index (κ3) is 3.55. The molecule has 0 unspecified atom stereocenters. The Balaban J connectivity index is 2.92. The second kappa shape index (κ2) is 4.90. The second-order valence-corrected chi connectivity index (χ2v) is 3.40. The topological polar surface area (TPSA) is 55.5 Å². The van der Waals surface area contributed by atoms with E-state index < -0.39 is 18.2 Å². The van der Waals surface area contributed by atoms with Crippen molar-refractivity contribution in [3.8, 4) is 5.75 Å². The molecule has 0 bridgehead atoms. The highest BCUT2D eigenvalue weighted by Crippen LogP contribution is 2.31. The van der Waals surface area contributed by atoms with Crippen LogP contribution < -0.4 is 10.5 Å². The molecule has 16 heavy (non-hydrogen) atoms. The van der Waals surface area contributed by atoms with Gasteiger partial charge in [-0.15, -0.1) is 13.2 Å². The monoisotopic (exact) mass is 255 g/mol. The van der Waals surface area contributed by atoms with Crippen LogP contribution in [-0.4, -0.2) is 18.0 Å². The van der Waals surface area contributed by atoms with E-state index in [1.807, 2.05) is 0 Å². The fraction of sp³-hybridized carbons (Fsp3) is 0.333. The van der Waals surface area contributed by atoms with Gasteiger partial charge in [0.15, 0.2) is 0 Å². The van der Waals surface area contributed by atoms with Gasteiger partial charge in [0.05, 0.1) is 11.1 Å². The molecule has 0 aliphatic rings. The van der Waals surface area contributed by atoms with Crippen LogP contribution >= 0.6 is 11.6 Å². The van der Waals surface area contributed by atoms with Crippen molar-refractivity contribution in [2.24, 2.45) is 5.73 Å². The van der Waals surface area contributed by atoms with E-state index in [1.165, 1.54) is 12.1 Å². The van der Waals surface area contributed by atoms with Gasteiger partial charge in [-0.25, -0.2) is 0 Å². The molecule has 0 aromatic heterocycles. The van der Waals surface area contributed by atoms with Crippen molar-refractivity contribution in [2.75, 3.05) is 6.54 Å². The molecule has 0 fully saturated rings. The maximum absolute atomic E-state index is 11.9. The number of hydrogen-bond donors (Lipinski definition) is 2. The number of alkyl halides is 3. The third-order valence-corrected chi connectivity index (χ3v) is 2.09. The van der Waals surface area contributed by atoms with Crippen LogP contribution in [0.3, 0.4) is 0 Å². The summed E-state index contributed by atoms with van der Waals surface area (Å²) in [7, 11) is 0. The Morgan fingerprint density at radius 2 is 2.06 bits per heavy atom. The molecule has 90 valence electrons. The first-order valence-corrected chi connectivity index (χ1v) is 4.64. The summed E-state index contributed by atoms with van der Waals surface area (Å²) in [5, 5.41) is 9.10. The lowest BCUT2D eigenvalue weighted by Gasteiger charge is -2.13. The SMILES string of the molecule is NC[C@H](O)c1ccc(OC(F)(F)F)c(Cl)c1. The van der Waals surface area contributed by atoms with E-state index in [2.05, 4.69) is 4.74 Å². The van der Waals surface area contributed by atoms with Gasteiger partial charge in [0, 0.05) is 6.54 Å². The number of nitrogens with two attached hydrogens (primary N) is 1. The summed E-state index contributed by atoms with van der Waals surface area (Å²) in [6.45, 7) is -0.0458. The average molecular weight is 256 g/mol. The molecule has 3 N–H and O–H groups in total. The lowest BCUT2D eigenvalue weighted by atomic mass is 10.1. The molecule has 1 aromatic rings. The van der Waals surface area contributed by atoms with Crippen LogP contribution in [0.4, 0.5) is 13.2 Å². The van der Waals surface area contributed by atoms with Gasteiger partial charge in [-0.05, 0) is 17.7 Å². The number of aliphatic hydroxyl groups excluding tert-OH is 1. The number of rotatable bonds is 3. The Bertz CT molecular complexity index is 370. The number of halogens is 4. The van der Waals surface area contributed by atoms with Crippen LogP contribution in [0.5, 0.6) is 5.75 Å². The van der Waals surface area contributed by atoms with E-state index in [0.717, 1.165) is 6.07 Å². The molecule has 1 rings (SSSR count). The Morgan fingerprint density at radius 3 is 2.50 bits per heavy atom. The van der Waals surface area contributed by atoms with Gasteiger partial charge in [0.2, 0.25) is 0 Å². The zero-order chi connectivity index (χ0) is 12.3. The predicted molar refractivity (Wildman–Crippen MR) is 52.1 cm³/mol. The van der Waals surface area contributed by atoms with Gasteiger partial charge in [0.25, 0.3) is 0 Å². The number of aliphatic hydroxyl groups is 1. The summed E-state index contributed by atoms with van der Waals surface area (Å²) >= 11 is 5.56. The Kier molecular flexibility index (Phi) is 4.01. The van der Waals surface area contributed by atoms with Gasteiger partial charge in [-0.3, -0.25) is 0 Å². The molecule has 0 aliphatic carbocycles. The van der Waals surface area contributed by atoms with E-state index in [1.54, 1.807) is 0 Å². The van der Waals surface area contributed by atoms with Crippen molar-refractivity contribution in [3.05, 3.63) is 28.8 Å². The highest BCUT2D eigenvalue weighted by atomic mass is 35.5. The zero-order valence-electron chi connectivity index (χ0n) is 7.96. The molecular weight excluding hydrogens is 247 g/mol. The average Bonchev–Trinajstić information content (AvgIpc) is 2.18. The van der Waals surface area contributed by atoms with E-state index in [0.29, 0.717) is 5.56 Å². The molecule has 0 amide bonds. The lowest BCUT2D eigenvalue weighted by molar-refractivity contribution is -0.274. The maximum atomic E-state index is 11.9. The molecule has 3 nitrogen and oxygen atoms in total. The molecule has 0 saturated heterocycles. The highest BCUT2D eigenvalue weighted by Gasteiger charge is 2.32. The molecule has 0 heterocycles. The van der Waals surface area contributed by atoms with E-state index in [-0.39, 0.29) is 11.6 Å². The summed E-state index contributed by atoms with van der Waals surface area (Å²) in [6.07, 6.45) is -5.75. The second-order valence-electron chi connectivity index (χ2n) is 2.99. The van der Waals surface area contributed by atoms with E-state index in [4.69, 9.17) is 17.3 Å². The zero-order valence-corrected chi connectivity index (χ0v) is 8.72. The smallest absolute Gasteiger partial charge is 0.404 e. The summed E-state index contributed by atoms with van der Waals surface area (Å²) in [6, 6.07) is 3.48. The Labute approximate surface area is 94.6 Å². The molecular formula is C9H9ClF3NO2.